The first-order valence-corrected chi connectivity index (χ1v) is 12.7. The summed E-state index contributed by atoms with van der Waals surface area (Å²) in [4.78, 5) is 0. The van der Waals surface area contributed by atoms with Gasteiger partial charge in [-0.05, 0) is 0 Å². The van der Waals surface area contributed by atoms with E-state index in [9.17, 15) is 0 Å². The van der Waals surface area contributed by atoms with E-state index >= 15 is 0 Å². The Morgan fingerprint density at radius 1 is 0.818 bits per heavy atom. The molecule has 2 N–H and O–H groups in total. The van der Waals surface area contributed by atoms with Gasteiger partial charge in [-0.15, -0.1) is 0 Å². The summed E-state index contributed by atoms with van der Waals surface area (Å²) in [6, 6.07) is 0. The predicted molar refractivity (Wildman–Crippen MR) is 55.2 cm³/mol. The molecular formula is C9H23NSn. The second-order valence-electron chi connectivity index (χ2n) is 3.61. The van der Waals surface area contributed by atoms with Crippen molar-refractivity contribution in [2.75, 3.05) is 0 Å². The van der Waals surface area contributed by atoms with Crippen LogP contribution in [0.5, 0.6) is 0 Å². The van der Waals surface area contributed by atoms with Crippen LogP contribution in [0.3, 0.4) is 0 Å². The molecule has 2 heteroatoms. The second kappa shape index (κ2) is 6.29. The Bertz CT molecular complexity index is 76.5. The fourth-order valence-corrected chi connectivity index (χ4v) is 12.5. The normalized spacial score (nSPS) is 12.0. The topological polar surface area (TPSA) is 26.0 Å². The van der Waals surface area contributed by atoms with Gasteiger partial charge in [-0.3, -0.25) is 0 Å². The molecule has 0 spiro atoms. The zero-order valence-electron chi connectivity index (χ0n) is 8.32. The summed E-state index contributed by atoms with van der Waals surface area (Å²) in [5.74, 6) is 0. The molecule has 0 heterocycles. The maximum absolute atomic E-state index is 6.44. The fourth-order valence-electron chi connectivity index (χ4n) is 1.87. The minimum absolute atomic E-state index is 1.31. The van der Waals surface area contributed by atoms with Crippen molar-refractivity contribution in [2.45, 2.75) is 53.3 Å². The van der Waals surface area contributed by atoms with Gasteiger partial charge in [0.2, 0.25) is 0 Å². The maximum atomic E-state index is 6.44. The van der Waals surface area contributed by atoms with E-state index in [4.69, 9.17) is 3.96 Å². The van der Waals surface area contributed by atoms with Gasteiger partial charge < -0.3 is 0 Å². The molecule has 0 bridgehead atoms. The number of hydrogen-bond donors (Lipinski definition) is 1. The molecule has 0 aliphatic carbocycles. The molecule has 11 heavy (non-hydrogen) atoms. The van der Waals surface area contributed by atoms with Gasteiger partial charge in [-0.2, -0.15) is 0 Å². The Labute approximate surface area is 76.0 Å². The van der Waals surface area contributed by atoms with Crippen molar-refractivity contribution in [1.82, 2.24) is 0 Å². The van der Waals surface area contributed by atoms with Crippen molar-refractivity contribution in [3.05, 3.63) is 0 Å². The molecule has 0 aromatic rings. The van der Waals surface area contributed by atoms with Crippen LogP contribution in [0, 0.1) is 0 Å². The summed E-state index contributed by atoms with van der Waals surface area (Å²) < 4.78 is 10.6. The number of rotatable bonds is 6. The van der Waals surface area contributed by atoms with Crippen molar-refractivity contribution < 1.29 is 0 Å². The van der Waals surface area contributed by atoms with Crippen LogP contribution in [0.2, 0.25) is 13.3 Å². The molecule has 0 radical (unpaired) electrons. The summed E-state index contributed by atoms with van der Waals surface area (Å²) in [5, 5.41) is 0. The molecule has 0 saturated heterocycles. The van der Waals surface area contributed by atoms with E-state index in [1.165, 1.54) is 32.6 Å². The zero-order chi connectivity index (χ0) is 8.74. The summed E-state index contributed by atoms with van der Waals surface area (Å²) in [6.07, 6.45) is 3.94. The van der Waals surface area contributed by atoms with E-state index in [0.717, 1.165) is 0 Å². The van der Waals surface area contributed by atoms with Gasteiger partial charge in [0, 0.05) is 0 Å². The number of hydrogen-bond acceptors (Lipinski definition) is 1. The third-order valence-corrected chi connectivity index (χ3v) is 15.1. The van der Waals surface area contributed by atoms with Gasteiger partial charge in [0.25, 0.3) is 0 Å². The van der Waals surface area contributed by atoms with Gasteiger partial charge in [0.1, 0.15) is 0 Å². The van der Waals surface area contributed by atoms with E-state index in [-0.39, 0.29) is 0 Å². The first-order chi connectivity index (χ1) is 5.18. The molecular weight excluding hydrogens is 241 g/mol. The summed E-state index contributed by atoms with van der Waals surface area (Å²) in [5.41, 5.74) is 0. The Morgan fingerprint density at radius 2 is 1.09 bits per heavy atom. The molecule has 0 aromatic carbocycles. The molecule has 0 fully saturated rings. The first-order valence-electron chi connectivity index (χ1n) is 4.97. The average molecular weight is 264 g/mol. The van der Waals surface area contributed by atoms with Gasteiger partial charge in [-0.1, -0.05) is 0 Å². The van der Waals surface area contributed by atoms with Crippen molar-refractivity contribution >= 4 is 18.7 Å². The van der Waals surface area contributed by atoms with Crippen LogP contribution in [0.4, 0.5) is 0 Å². The molecule has 0 atom stereocenters. The predicted octanol–water partition coefficient (Wildman–Crippen LogP) is 3.12. The van der Waals surface area contributed by atoms with Gasteiger partial charge in [-0.25, -0.2) is 0 Å². The van der Waals surface area contributed by atoms with Crippen LogP contribution in [0.1, 0.15) is 40.0 Å². The number of nitrogens with two attached hydrogens (primary N) is 1. The van der Waals surface area contributed by atoms with Crippen LogP contribution < -0.4 is 3.96 Å². The molecule has 1 nitrogen and oxygen atoms in total. The average Bonchev–Trinajstić information content (AvgIpc) is 1.88. The third kappa shape index (κ3) is 5.07. The molecule has 0 aromatic heterocycles. The quantitative estimate of drug-likeness (QED) is 0.733. The van der Waals surface area contributed by atoms with Crippen LogP contribution in [0.25, 0.3) is 0 Å². The SMILES string of the molecule is CC[CH2][Sn]([NH2])([CH2]CC)[CH2]CC. The third-order valence-electron chi connectivity index (χ3n) is 2.24. The Morgan fingerprint density at radius 3 is 1.27 bits per heavy atom. The van der Waals surface area contributed by atoms with Crippen molar-refractivity contribution in [2.24, 2.45) is 3.96 Å². The fraction of sp³-hybridized carbons (Fsp3) is 1.00. The minimum atomic E-state index is -1.97. The molecule has 0 rings (SSSR count). The van der Waals surface area contributed by atoms with E-state index in [1.807, 2.05) is 0 Å². The Kier molecular flexibility index (Phi) is 6.73. The van der Waals surface area contributed by atoms with E-state index < -0.39 is 18.7 Å². The molecule has 68 valence electrons. The summed E-state index contributed by atoms with van der Waals surface area (Å²) >= 11 is -1.97. The van der Waals surface area contributed by atoms with E-state index in [0.29, 0.717) is 0 Å². The summed E-state index contributed by atoms with van der Waals surface area (Å²) in [7, 11) is 0. The molecule has 0 saturated carbocycles. The molecule has 0 amide bonds. The van der Waals surface area contributed by atoms with E-state index in [2.05, 4.69) is 20.8 Å². The van der Waals surface area contributed by atoms with Gasteiger partial charge >= 0.3 is 75.9 Å². The first kappa shape index (κ1) is 11.8. The van der Waals surface area contributed by atoms with Crippen molar-refractivity contribution in [1.29, 1.82) is 0 Å². The molecule has 0 aliphatic heterocycles. The standard InChI is InChI=1S/3C3H7.H2N.Sn/c3*1-3-2;;/h3*1,3H2,2H3;1H2;/q;;;-1;+1. The van der Waals surface area contributed by atoms with Gasteiger partial charge in [0.05, 0.1) is 0 Å². The van der Waals surface area contributed by atoms with E-state index in [1.54, 1.807) is 0 Å². The zero-order valence-corrected chi connectivity index (χ0v) is 11.2. The van der Waals surface area contributed by atoms with Crippen LogP contribution in [0.15, 0.2) is 0 Å². The molecule has 0 unspecified atom stereocenters. The monoisotopic (exact) mass is 265 g/mol. The Hall–Kier alpha value is 0.759. The van der Waals surface area contributed by atoms with Crippen LogP contribution >= 0.6 is 0 Å². The second-order valence-corrected chi connectivity index (χ2v) is 15.7. The van der Waals surface area contributed by atoms with Crippen LogP contribution in [-0.4, -0.2) is 18.7 Å². The van der Waals surface area contributed by atoms with Crippen molar-refractivity contribution in [3.8, 4) is 0 Å². The van der Waals surface area contributed by atoms with Crippen molar-refractivity contribution in [3.63, 3.8) is 0 Å². The summed E-state index contributed by atoms with van der Waals surface area (Å²) in [6.45, 7) is 6.80. The molecule has 0 aliphatic rings. The van der Waals surface area contributed by atoms with Gasteiger partial charge in [0.15, 0.2) is 0 Å². The Balaban J connectivity index is 3.79. The van der Waals surface area contributed by atoms with Crippen LogP contribution in [-0.2, 0) is 0 Å².